The smallest absolute Gasteiger partial charge is 0.254 e. The summed E-state index contributed by atoms with van der Waals surface area (Å²) in [6.45, 7) is 6.70. The van der Waals surface area contributed by atoms with Crippen molar-refractivity contribution in [3.63, 3.8) is 0 Å². The Balaban J connectivity index is 2.30. The van der Waals surface area contributed by atoms with E-state index in [9.17, 15) is 4.79 Å². The Kier molecular flexibility index (Phi) is 5.18. The molecule has 0 aliphatic carbocycles. The van der Waals surface area contributed by atoms with Crippen LogP contribution in [-0.4, -0.2) is 16.8 Å². The average molecular weight is 346 g/mol. The van der Waals surface area contributed by atoms with Gasteiger partial charge in [0.1, 0.15) is 0 Å². The van der Waals surface area contributed by atoms with Gasteiger partial charge in [-0.2, -0.15) is 0 Å². The lowest BCUT2D eigenvalue weighted by atomic mass is 10.1. The molecule has 1 amide bonds. The zero-order chi connectivity index (χ0) is 15.4. The minimum absolute atomic E-state index is 0.0765. The lowest BCUT2D eigenvalue weighted by Gasteiger charge is -2.27. The zero-order valence-corrected chi connectivity index (χ0v) is 14.2. The lowest BCUT2D eigenvalue weighted by Crippen LogP contribution is -2.36. The van der Waals surface area contributed by atoms with E-state index in [2.05, 4.69) is 28.1 Å². The molecule has 0 aliphatic heterocycles. The number of carbonyl (C=O) groups is 1. The van der Waals surface area contributed by atoms with Crippen molar-refractivity contribution in [2.24, 2.45) is 0 Å². The normalized spacial score (nSPS) is 10.7. The van der Waals surface area contributed by atoms with Gasteiger partial charge in [-0.3, -0.25) is 4.79 Å². The fourth-order valence-electron chi connectivity index (χ4n) is 2.25. The summed E-state index contributed by atoms with van der Waals surface area (Å²) in [5.41, 5.74) is 2.91. The van der Waals surface area contributed by atoms with E-state index in [-0.39, 0.29) is 11.9 Å². The summed E-state index contributed by atoms with van der Waals surface area (Å²) in [6, 6.07) is 16.1. The van der Waals surface area contributed by atoms with Crippen LogP contribution >= 0.6 is 15.9 Å². The highest BCUT2D eigenvalue weighted by molar-refractivity contribution is 9.10. The van der Waals surface area contributed by atoms with Crippen LogP contribution in [0.1, 0.15) is 35.3 Å². The predicted molar refractivity (Wildman–Crippen MR) is 90.3 cm³/mol. The maximum Gasteiger partial charge on any atom is 0.254 e. The maximum absolute atomic E-state index is 12.9. The molecule has 0 unspecified atom stereocenters. The SMILES string of the molecule is Cc1ccc(Br)cc1C(=O)N(Cc1ccccc1)C(C)C. The fourth-order valence-corrected chi connectivity index (χ4v) is 2.61. The molecule has 0 saturated carbocycles. The first-order chi connectivity index (χ1) is 9.99. The molecule has 2 nitrogen and oxygen atoms in total. The van der Waals surface area contributed by atoms with E-state index >= 15 is 0 Å². The second-order valence-electron chi connectivity index (χ2n) is 5.47. The summed E-state index contributed by atoms with van der Waals surface area (Å²) in [7, 11) is 0. The largest absolute Gasteiger partial charge is 0.332 e. The van der Waals surface area contributed by atoms with Gasteiger partial charge in [0.25, 0.3) is 5.91 Å². The summed E-state index contributed by atoms with van der Waals surface area (Å²) in [4.78, 5) is 14.8. The molecule has 2 aromatic rings. The topological polar surface area (TPSA) is 20.3 Å². The third-order valence-electron chi connectivity index (χ3n) is 3.51. The van der Waals surface area contributed by atoms with Gasteiger partial charge >= 0.3 is 0 Å². The zero-order valence-electron chi connectivity index (χ0n) is 12.6. The summed E-state index contributed by atoms with van der Waals surface area (Å²) >= 11 is 3.45. The van der Waals surface area contributed by atoms with Gasteiger partial charge in [-0.15, -0.1) is 0 Å². The Morgan fingerprint density at radius 3 is 2.43 bits per heavy atom. The number of carbonyl (C=O) groups excluding carboxylic acids is 1. The lowest BCUT2D eigenvalue weighted by molar-refractivity contribution is 0.0689. The van der Waals surface area contributed by atoms with Crippen LogP contribution in [-0.2, 0) is 6.54 Å². The van der Waals surface area contributed by atoms with E-state index in [1.54, 1.807) is 0 Å². The standard InChI is InChI=1S/C18H20BrNO/c1-13(2)20(12-15-7-5-4-6-8-15)18(21)17-11-16(19)10-9-14(17)3/h4-11,13H,12H2,1-3H3. The molecule has 0 fully saturated rings. The Morgan fingerprint density at radius 2 is 1.81 bits per heavy atom. The van der Waals surface area contributed by atoms with Crippen molar-refractivity contribution in [3.05, 3.63) is 69.7 Å². The maximum atomic E-state index is 12.9. The third-order valence-corrected chi connectivity index (χ3v) is 4.00. The highest BCUT2D eigenvalue weighted by Gasteiger charge is 2.20. The van der Waals surface area contributed by atoms with E-state index in [4.69, 9.17) is 0 Å². The van der Waals surface area contributed by atoms with Crippen molar-refractivity contribution in [2.45, 2.75) is 33.4 Å². The van der Waals surface area contributed by atoms with Crippen LogP contribution in [0.5, 0.6) is 0 Å². The monoisotopic (exact) mass is 345 g/mol. The minimum Gasteiger partial charge on any atom is -0.332 e. The summed E-state index contributed by atoms with van der Waals surface area (Å²) in [5.74, 6) is 0.0765. The second-order valence-corrected chi connectivity index (χ2v) is 6.39. The number of nitrogens with zero attached hydrogens (tertiary/aromatic N) is 1. The quantitative estimate of drug-likeness (QED) is 0.778. The first-order valence-corrected chi connectivity index (χ1v) is 7.89. The Labute approximate surface area is 134 Å². The van der Waals surface area contributed by atoms with E-state index in [1.807, 2.05) is 62.1 Å². The highest BCUT2D eigenvalue weighted by atomic mass is 79.9. The number of benzene rings is 2. The number of hydrogen-bond donors (Lipinski definition) is 0. The molecule has 2 aromatic carbocycles. The predicted octanol–water partition coefficient (Wildman–Crippen LogP) is 4.81. The van der Waals surface area contributed by atoms with Crippen molar-refractivity contribution in [2.75, 3.05) is 0 Å². The van der Waals surface area contributed by atoms with Crippen LogP contribution in [0.25, 0.3) is 0 Å². The Bertz CT molecular complexity index is 622. The van der Waals surface area contributed by atoms with Crippen molar-refractivity contribution < 1.29 is 4.79 Å². The first kappa shape index (κ1) is 15.8. The molecule has 0 spiro atoms. The van der Waals surface area contributed by atoms with Crippen LogP contribution < -0.4 is 0 Å². The average Bonchev–Trinajstić information content (AvgIpc) is 2.47. The molecule has 21 heavy (non-hydrogen) atoms. The van der Waals surface area contributed by atoms with Gasteiger partial charge in [0, 0.05) is 22.6 Å². The van der Waals surface area contributed by atoms with E-state index in [1.165, 1.54) is 0 Å². The molecule has 2 rings (SSSR count). The molecule has 0 atom stereocenters. The van der Waals surface area contributed by atoms with Crippen molar-refractivity contribution in [1.29, 1.82) is 0 Å². The van der Waals surface area contributed by atoms with Crippen molar-refractivity contribution in [3.8, 4) is 0 Å². The van der Waals surface area contributed by atoms with Gasteiger partial charge in [0.2, 0.25) is 0 Å². The van der Waals surface area contributed by atoms with Crippen LogP contribution in [0.2, 0.25) is 0 Å². The number of amides is 1. The van der Waals surface area contributed by atoms with Gasteiger partial charge in [0.15, 0.2) is 0 Å². The van der Waals surface area contributed by atoms with Crippen molar-refractivity contribution in [1.82, 2.24) is 4.90 Å². The molecule has 0 radical (unpaired) electrons. The Hall–Kier alpha value is -1.61. The van der Waals surface area contributed by atoms with Gasteiger partial charge < -0.3 is 4.90 Å². The van der Waals surface area contributed by atoms with Crippen LogP contribution in [0.4, 0.5) is 0 Å². The second kappa shape index (κ2) is 6.90. The molecule has 0 heterocycles. The molecule has 0 aromatic heterocycles. The Morgan fingerprint density at radius 1 is 1.14 bits per heavy atom. The summed E-state index contributed by atoms with van der Waals surface area (Å²) in [5, 5.41) is 0. The van der Waals surface area contributed by atoms with Crippen LogP contribution in [0, 0.1) is 6.92 Å². The minimum atomic E-state index is 0.0765. The van der Waals surface area contributed by atoms with E-state index in [0.717, 1.165) is 21.2 Å². The number of halogens is 1. The van der Waals surface area contributed by atoms with Gasteiger partial charge in [0.05, 0.1) is 0 Å². The molecule has 0 aliphatic rings. The first-order valence-electron chi connectivity index (χ1n) is 7.10. The summed E-state index contributed by atoms with van der Waals surface area (Å²) < 4.78 is 0.930. The molecule has 110 valence electrons. The molecule has 0 N–H and O–H groups in total. The van der Waals surface area contributed by atoms with E-state index < -0.39 is 0 Å². The molecular formula is C18H20BrNO. The fraction of sp³-hybridized carbons (Fsp3) is 0.278. The highest BCUT2D eigenvalue weighted by Crippen LogP contribution is 2.20. The molecule has 3 heteroatoms. The number of aryl methyl sites for hydroxylation is 1. The van der Waals surface area contributed by atoms with E-state index in [0.29, 0.717) is 6.54 Å². The molecular weight excluding hydrogens is 326 g/mol. The van der Waals surface area contributed by atoms with Crippen LogP contribution in [0.15, 0.2) is 53.0 Å². The number of rotatable bonds is 4. The molecule has 0 bridgehead atoms. The van der Waals surface area contributed by atoms with Crippen LogP contribution in [0.3, 0.4) is 0 Å². The molecule has 0 saturated heterocycles. The van der Waals surface area contributed by atoms with Gasteiger partial charge in [-0.05, 0) is 44.0 Å². The third kappa shape index (κ3) is 3.94. The summed E-state index contributed by atoms with van der Waals surface area (Å²) in [6.07, 6.45) is 0. The van der Waals surface area contributed by atoms with Gasteiger partial charge in [-0.25, -0.2) is 0 Å². The number of hydrogen-bond acceptors (Lipinski definition) is 1. The van der Waals surface area contributed by atoms with Crippen molar-refractivity contribution >= 4 is 21.8 Å². The van der Waals surface area contributed by atoms with Gasteiger partial charge in [-0.1, -0.05) is 52.3 Å².